The van der Waals surface area contributed by atoms with Gasteiger partial charge in [0.2, 0.25) is 0 Å². The van der Waals surface area contributed by atoms with E-state index in [0.29, 0.717) is 6.54 Å². The molecule has 0 unspecified atom stereocenters. The van der Waals surface area contributed by atoms with Crippen LogP contribution in [-0.2, 0) is 6.54 Å². The minimum absolute atomic E-state index is 0. The summed E-state index contributed by atoms with van der Waals surface area (Å²) in [5.74, 6) is 0. The Hall–Kier alpha value is -0.580. The molecule has 2 aromatic rings. The van der Waals surface area contributed by atoms with Gasteiger partial charge in [-0.05, 0) is 18.2 Å². The van der Waals surface area contributed by atoms with Crippen LogP contribution < -0.4 is 5.73 Å². The third kappa shape index (κ3) is 2.08. The number of benzene rings is 1. The predicted octanol–water partition coefficient (Wildman–Crippen LogP) is 2.18. The van der Waals surface area contributed by atoms with Gasteiger partial charge in [-0.2, -0.15) is 5.10 Å². The van der Waals surface area contributed by atoms with Crippen LogP contribution >= 0.6 is 28.3 Å². The number of nitrogens with two attached hydrogens (primary N) is 1. The largest absolute Gasteiger partial charge is 0.329 e. The first kappa shape index (κ1) is 11.5. The average Bonchev–Trinajstić information content (AvgIpc) is 2.49. The standard InChI is InChI=1S/C9H10BrN3.ClH/c10-8-1-2-9-7(5-8)6-12-13(9)4-3-11;/h1-2,5-6H,3-4,11H2;1H. The summed E-state index contributed by atoms with van der Waals surface area (Å²) in [4.78, 5) is 0. The van der Waals surface area contributed by atoms with Crippen LogP contribution in [0.25, 0.3) is 10.9 Å². The molecule has 3 nitrogen and oxygen atoms in total. The molecule has 1 heterocycles. The summed E-state index contributed by atoms with van der Waals surface area (Å²) < 4.78 is 2.99. The van der Waals surface area contributed by atoms with Crippen molar-refractivity contribution in [3.8, 4) is 0 Å². The zero-order chi connectivity index (χ0) is 9.26. The number of nitrogens with zero attached hydrogens (tertiary/aromatic N) is 2. The molecular weight excluding hydrogens is 265 g/mol. The van der Waals surface area contributed by atoms with Gasteiger partial charge in [0, 0.05) is 16.4 Å². The van der Waals surface area contributed by atoms with Gasteiger partial charge in [-0.3, -0.25) is 4.68 Å². The number of aromatic nitrogens is 2. The molecule has 0 spiro atoms. The molecule has 1 aromatic carbocycles. The molecule has 0 atom stereocenters. The third-order valence-corrected chi connectivity index (χ3v) is 2.44. The molecule has 76 valence electrons. The van der Waals surface area contributed by atoms with E-state index in [1.165, 1.54) is 0 Å². The summed E-state index contributed by atoms with van der Waals surface area (Å²) in [6, 6.07) is 6.11. The maximum absolute atomic E-state index is 5.47. The first-order valence-corrected chi connectivity index (χ1v) is 4.91. The van der Waals surface area contributed by atoms with E-state index in [4.69, 9.17) is 5.73 Å². The zero-order valence-corrected chi connectivity index (χ0v) is 9.88. The summed E-state index contributed by atoms with van der Waals surface area (Å²) in [6.07, 6.45) is 1.86. The Bertz CT molecular complexity index is 427. The van der Waals surface area contributed by atoms with Crippen molar-refractivity contribution in [2.45, 2.75) is 6.54 Å². The van der Waals surface area contributed by atoms with Gasteiger partial charge in [0.05, 0.1) is 18.3 Å². The van der Waals surface area contributed by atoms with Gasteiger partial charge in [-0.15, -0.1) is 12.4 Å². The maximum Gasteiger partial charge on any atom is 0.0683 e. The molecule has 0 bridgehead atoms. The number of halogens is 2. The Morgan fingerprint density at radius 2 is 2.21 bits per heavy atom. The van der Waals surface area contributed by atoms with Gasteiger partial charge in [-0.1, -0.05) is 15.9 Å². The number of hydrogen-bond acceptors (Lipinski definition) is 2. The fourth-order valence-electron chi connectivity index (χ4n) is 1.36. The van der Waals surface area contributed by atoms with Gasteiger partial charge in [0.25, 0.3) is 0 Å². The molecule has 5 heteroatoms. The lowest BCUT2D eigenvalue weighted by atomic mass is 10.2. The van der Waals surface area contributed by atoms with Crippen molar-refractivity contribution in [1.82, 2.24) is 9.78 Å². The van der Waals surface area contributed by atoms with E-state index in [2.05, 4.69) is 27.1 Å². The van der Waals surface area contributed by atoms with Gasteiger partial charge in [0.15, 0.2) is 0 Å². The quantitative estimate of drug-likeness (QED) is 0.914. The van der Waals surface area contributed by atoms with Gasteiger partial charge in [0.1, 0.15) is 0 Å². The van der Waals surface area contributed by atoms with E-state index in [9.17, 15) is 0 Å². The van der Waals surface area contributed by atoms with Crippen molar-refractivity contribution >= 4 is 39.2 Å². The molecule has 0 amide bonds. The molecule has 1 aromatic heterocycles. The molecule has 0 saturated carbocycles. The summed E-state index contributed by atoms with van der Waals surface area (Å²) in [5.41, 5.74) is 6.60. The molecule has 0 saturated heterocycles. The SMILES string of the molecule is Cl.NCCn1ncc2cc(Br)ccc21. The summed E-state index contributed by atoms with van der Waals surface area (Å²) in [6.45, 7) is 1.39. The lowest BCUT2D eigenvalue weighted by Crippen LogP contribution is -2.10. The maximum atomic E-state index is 5.47. The molecule has 0 aliphatic rings. The Kier molecular flexibility index (Phi) is 3.92. The minimum Gasteiger partial charge on any atom is -0.329 e. The Morgan fingerprint density at radius 3 is 2.93 bits per heavy atom. The predicted molar refractivity (Wildman–Crippen MR) is 63.7 cm³/mol. The first-order valence-electron chi connectivity index (χ1n) is 4.12. The third-order valence-electron chi connectivity index (χ3n) is 1.94. The highest BCUT2D eigenvalue weighted by Gasteiger charge is 2.00. The monoisotopic (exact) mass is 275 g/mol. The molecule has 14 heavy (non-hydrogen) atoms. The summed E-state index contributed by atoms with van der Waals surface area (Å²) in [7, 11) is 0. The molecule has 0 radical (unpaired) electrons. The Balaban J connectivity index is 0.000000980. The molecule has 0 aliphatic carbocycles. The lowest BCUT2D eigenvalue weighted by Gasteiger charge is -1.99. The van der Waals surface area contributed by atoms with Crippen LogP contribution in [0.5, 0.6) is 0 Å². The molecule has 2 rings (SSSR count). The first-order chi connectivity index (χ1) is 6.31. The second-order valence-electron chi connectivity index (χ2n) is 2.86. The van der Waals surface area contributed by atoms with E-state index < -0.39 is 0 Å². The number of hydrogen-bond donors (Lipinski definition) is 1. The Labute approximate surface area is 96.8 Å². The second kappa shape index (κ2) is 4.77. The van der Waals surface area contributed by atoms with Crippen molar-refractivity contribution in [3.63, 3.8) is 0 Å². The van der Waals surface area contributed by atoms with E-state index in [-0.39, 0.29) is 12.4 Å². The van der Waals surface area contributed by atoms with E-state index >= 15 is 0 Å². The van der Waals surface area contributed by atoms with Crippen LogP contribution in [0.15, 0.2) is 28.9 Å². The average molecular weight is 277 g/mol. The van der Waals surface area contributed by atoms with Gasteiger partial charge < -0.3 is 5.73 Å². The highest BCUT2D eigenvalue weighted by molar-refractivity contribution is 9.10. The fraction of sp³-hybridized carbons (Fsp3) is 0.222. The molecular formula is C9H11BrClN3. The number of fused-ring (bicyclic) bond motifs is 1. The van der Waals surface area contributed by atoms with Crippen molar-refractivity contribution < 1.29 is 0 Å². The molecule has 0 fully saturated rings. The van der Waals surface area contributed by atoms with Crippen molar-refractivity contribution in [1.29, 1.82) is 0 Å². The normalized spacial score (nSPS) is 10.1. The van der Waals surface area contributed by atoms with Gasteiger partial charge >= 0.3 is 0 Å². The van der Waals surface area contributed by atoms with Crippen LogP contribution in [-0.4, -0.2) is 16.3 Å². The smallest absolute Gasteiger partial charge is 0.0683 e. The van der Waals surface area contributed by atoms with Crippen LogP contribution in [0.4, 0.5) is 0 Å². The van der Waals surface area contributed by atoms with Crippen LogP contribution in [0.2, 0.25) is 0 Å². The summed E-state index contributed by atoms with van der Waals surface area (Å²) in [5, 5.41) is 5.38. The van der Waals surface area contributed by atoms with Crippen LogP contribution in [0.3, 0.4) is 0 Å². The lowest BCUT2D eigenvalue weighted by molar-refractivity contribution is 0.646. The van der Waals surface area contributed by atoms with Crippen LogP contribution in [0, 0.1) is 0 Å². The topological polar surface area (TPSA) is 43.8 Å². The van der Waals surface area contributed by atoms with E-state index in [1.807, 2.05) is 23.0 Å². The van der Waals surface area contributed by atoms with Crippen LogP contribution in [0.1, 0.15) is 0 Å². The zero-order valence-electron chi connectivity index (χ0n) is 7.48. The minimum atomic E-state index is 0. The highest BCUT2D eigenvalue weighted by Crippen LogP contribution is 2.18. The van der Waals surface area contributed by atoms with Crippen molar-refractivity contribution in [2.24, 2.45) is 5.73 Å². The highest BCUT2D eigenvalue weighted by atomic mass is 79.9. The fourth-order valence-corrected chi connectivity index (χ4v) is 1.74. The molecule has 2 N–H and O–H groups in total. The van der Waals surface area contributed by atoms with E-state index in [0.717, 1.165) is 21.9 Å². The van der Waals surface area contributed by atoms with Crippen molar-refractivity contribution in [2.75, 3.05) is 6.54 Å². The Morgan fingerprint density at radius 1 is 1.43 bits per heavy atom. The van der Waals surface area contributed by atoms with Gasteiger partial charge in [-0.25, -0.2) is 0 Å². The summed E-state index contributed by atoms with van der Waals surface area (Å²) >= 11 is 3.42. The molecule has 0 aliphatic heterocycles. The number of rotatable bonds is 2. The second-order valence-corrected chi connectivity index (χ2v) is 3.78. The van der Waals surface area contributed by atoms with Crippen molar-refractivity contribution in [3.05, 3.63) is 28.9 Å². The van der Waals surface area contributed by atoms with E-state index in [1.54, 1.807) is 0 Å².